The molecule has 1 saturated carbocycles. The molecule has 0 N–H and O–H groups in total. The minimum absolute atomic E-state index is 0.187. The van der Waals surface area contributed by atoms with Gasteiger partial charge in [-0.3, -0.25) is 19.2 Å². The lowest BCUT2D eigenvalue weighted by Crippen LogP contribution is -2.52. The molecule has 0 radical (unpaired) electrons. The first-order chi connectivity index (χ1) is 18.7. The van der Waals surface area contributed by atoms with E-state index in [1.54, 1.807) is 17.5 Å². The predicted molar refractivity (Wildman–Crippen MR) is 144 cm³/mol. The topological polar surface area (TPSA) is 101 Å². The van der Waals surface area contributed by atoms with Crippen LogP contribution in [0.2, 0.25) is 5.02 Å². The normalized spacial score (nSPS) is 20.5. The van der Waals surface area contributed by atoms with Crippen LogP contribution < -0.4 is 4.74 Å². The lowest BCUT2D eigenvalue weighted by Gasteiger charge is -2.30. The van der Waals surface area contributed by atoms with Crippen LogP contribution in [0.15, 0.2) is 66.0 Å². The van der Waals surface area contributed by atoms with Gasteiger partial charge in [0.25, 0.3) is 17.7 Å². The summed E-state index contributed by atoms with van der Waals surface area (Å²) in [5, 5.41) is 4.01. The van der Waals surface area contributed by atoms with Gasteiger partial charge in [-0.1, -0.05) is 24.6 Å². The molecule has 10 heteroatoms. The molecule has 3 amide bonds. The molecule has 0 unspecified atom stereocenters. The number of carbonyl (C=O) groups excluding carboxylic acids is 5. The van der Waals surface area contributed by atoms with E-state index in [0.29, 0.717) is 22.7 Å². The second-order valence-electron chi connectivity index (χ2n) is 9.80. The SMILES string of the molecule is C[C@@H]1CC[C@@H]2C(=O)N(N(CC(=O)c3ccc(OC(=O)c4cccs4)cc3)C(=O)c3ccc(Cl)cc3)C(=O)[C@@H]2C1. The first-order valence-corrected chi connectivity index (χ1v) is 13.8. The average molecular weight is 565 g/mol. The van der Waals surface area contributed by atoms with Crippen LogP contribution in [0.5, 0.6) is 5.75 Å². The lowest BCUT2D eigenvalue weighted by molar-refractivity contribution is -0.154. The maximum Gasteiger partial charge on any atom is 0.353 e. The fraction of sp³-hybridized carbons (Fsp3) is 0.276. The summed E-state index contributed by atoms with van der Waals surface area (Å²) in [5.41, 5.74) is 0.414. The summed E-state index contributed by atoms with van der Waals surface area (Å²) in [7, 11) is 0. The van der Waals surface area contributed by atoms with Gasteiger partial charge in [0, 0.05) is 16.1 Å². The van der Waals surface area contributed by atoms with Gasteiger partial charge < -0.3 is 4.74 Å². The Morgan fingerprint density at radius 2 is 1.62 bits per heavy atom. The van der Waals surface area contributed by atoms with Gasteiger partial charge in [0.15, 0.2) is 5.78 Å². The van der Waals surface area contributed by atoms with Crippen molar-refractivity contribution in [1.29, 1.82) is 0 Å². The van der Waals surface area contributed by atoms with Gasteiger partial charge in [-0.15, -0.1) is 11.3 Å². The summed E-state index contributed by atoms with van der Waals surface area (Å²) in [6.45, 7) is 1.51. The third-order valence-electron chi connectivity index (χ3n) is 7.13. The summed E-state index contributed by atoms with van der Waals surface area (Å²) >= 11 is 7.23. The molecule has 3 atom stereocenters. The van der Waals surface area contributed by atoms with Crippen LogP contribution in [0.4, 0.5) is 0 Å². The van der Waals surface area contributed by atoms with E-state index in [1.165, 1.54) is 59.9 Å². The van der Waals surface area contributed by atoms with Gasteiger partial charge in [-0.2, -0.15) is 5.01 Å². The van der Waals surface area contributed by atoms with Crippen LogP contribution in [0.25, 0.3) is 0 Å². The zero-order chi connectivity index (χ0) is 27.7. The predicted octanol–water partition coefficient (Wildman–Crippen LogP) is 5.28. The Kier molecular flexibility index (Phi) is 7.63. The zero-order valence-electron chi connectivity index (χ0n) is 21.0. The number of imide groups is 1. The number of esters is 1. The molecule has 2 aliphatic rings. The van der Waals surface area contributed by atoms with Crippen molar-refractivity contribution in [2.24, 2.45) is 17.8 Å². The number of ketones is 1. The molecule has 39 heavy (non-hydrogen) atoms. The summed E-state index contributed by atoms with van der Waals surface area (Å²) < 4.78 is 5.34. The number of nitrogens with zero attached hydrogens (tertiary/aromatic N) is 2. The number of fused-ring (bicyclic) bond motifs is 1. The number of halogens is 1. The summed E-state index contributed by atoms with van der Waals surface area (Å²) in [6, 6.07) is 15.3. The van der Waals surface area contributed by atoms with Gasteiger partial charge in [-0.25, -0.2) is 9.80 Å². The van der Waals surface area contributed by atoms with Crippen molar-refractivity contribution in [3.63, 3.8) is 0 Å². The molecule has 2 heterocycles. The summed E-state index contributed by atoms with van der Waals surface area (Å²) in [4.78, 5) is 66.4. The molecule has 0 spiro atoms. The van der Waals surface area contributed by atoms with Crippen LogP contribution in [0.1, 0.15) is 56.6 Å². The lowest BCUT2D eigenvalue weighted by atomic mass is 9.76. The van der Waals surface area contributed by atoms with Gasteiger partial charge >= 0.3 is 5.97 Å². The van der Waals surface area contributed by atoms with Gasteiger partial charge in [0.1, 0.15) is 17.2 Å². The Balaban J connectivity index is 1.38. The fourth-order valence-electron chi connectivity index (χ4n) is 5.07. The Bertz CT molecular complexity index is 1420. The van der Waals surface area contributed by atoms with Crippen LogP contribution in [0.3, 0.4) is 0 Å². The van der Waals surface area contributed by atoms with Gasteiger partial charge in [-0.05, 0) is 85.2 Å². The summed E-state index contributed by atoms with van der Waals surface area (Å²) in [5.74, 6) is -3.03. The van der Waals surface area contributed by atoms with E-state index in [4.69, 9.17) is 16.3 Å². The van der Waals surface area contributed by atoms with Crippen molar-refractivity contribution in [3.8, 4) is 5.75 Å². The number of rotatable bonds is 7. The number of amides is 3. The Hall–Kier alpha value is -3.82. The van der Waals surface area contributed by atoms with E-state index in [0.717, 1.165) is 16.4 Å². The number of benzene rings is 2. The molecule has 200 valence electrons. The van der Waals surface area contributed by atoms with Crippen LogP contribution in [0, 0.1) is 17.8 Å². The Morgan fingerprint density at radius 3 is 2.28 bits per heavy atom. The second-order valence-corrected chi connectivity index (χ2v) is 11.2. The Labute approximate surface area is 234 Å². The van der Waals surface area contributed by atoms with Crippen molar-refractivity contribution in [3.05, 3.63) is 87.1 Å². The minimum atomic E-state index is -0.657. The summed E-state index contributed by atoms with van der Waals surface area (Å²) in [6.07, 6.45) is 1.95. The number of hydrogen-bond acceptors (Lipinski definition) is 7. The molecule has 2 fully saturated rings. The molecule has 5 rings (SSSR count). The molecule has 1 aliphatic carbocycles. The number of Topliss-reactive ketones (excluding diaryl/α,β-unsaturated/α-hetero) is 1. The van der Waals surface area contributed by atoms with E-state index in [9.17, 15) is 24.0 Å². The van der Waals surface area contributed by atoms with Crippen molar-refractivity contribution in [1.82, 2.24) is 10.0 Å². The standard InChI is InChI=1S/C29H25ClN2O6S/c1-17-4-13-22-23(15-17)28(36)32(27(22)35)31(26(34)19-5-9-20(30)10-6-19)16-24(33)18-7-11-21(12-8-18)38-29(37)25-3-2-14-39-25/h2-3,5-12,14,17,22-23H,4,13,15-16H2,1H3/t17-,22+,23-/m1/s1. The highest BCUT2D eigenvalue weighted by Crippen LogP contribution is 2.41. The number of hydrogen-bond donors (Lipinski definition) is 0. The van der Waals surface area contributed by atoms with Crippen molar-refractivity contribution in [2.75, 3.05) is 6.54 Å². The largest absolute Gasteiger partial charge is 0.422 e. The highest BCUT2D eigenvalue weighted by Gasteiger charge is 2.52. The highest BCUT2D eigenvalue weighted by atomic mass is 35.5. The van der Waals surface area contributed by atoms with Crippen molar-refractivity contribution >= 4 is 52.4 Å². The third-order valence-corrected chi connectivity index (χ3v) is 8.24. The number of thiophene rings is 1. The molecule has 0 bridgehead atoms. The molecule has 1 aromatic heterocycles. The molecule has 1 saturated heterocycles. The molecular formula is C29H25ClN2O6S. The number of hydrazine groups is 1. The van der Waals surface area contributed by atoms with Crippen LogP contribution in [-0.4, -0.2) is 46.0 Å². The fourth-order valence-corrected chi connectivity index (χ4v) is 5.80. The maximum absolute atomic E-state index is 13.6. The maximum atomic E-state index is 13.6. The zero-order valence-corrected chi connectivity index (χ0v) is 22.6. The monoisotopic (exact) mass is 564 g/mol. The van der Waals surface area contributed by atoms with Gasteiger partial charge in [0.05, 0.1) is 11.8 Å². The van der Waals surface area contributed by atoms with E-state index < -0.39 is 47.9 Å². The highest BCUT2D eigenvalue weighted by molar-refractivity contribution is 7.12. The van der Waals surface area contributed by atoms with E-state index in [-0.39, 0.29) is 22.8 Å². The number of carbonyl (C=O) groups is 5. The number of ether oxygens (including phenoxy) is 1. The van der Waals surface area contributed by atoms with Crippen molar-refractivity contribution < 1.29 is 28.7 Å². The van der Waals surface area contributed by atoms with Gasteiger partial charge in [0.2, 0.25) is 0 Å². The molecule has 8 nitrogen and oxygen atoms in total. The second kappa shape index (κ2) is 11.1. The quantitative estimate of drug-likeness (QED) is 0.167. The Morgan fingerprint density at radius 1 is 0.949 bits per heavy atom. The molecule has 2 aromatic carbocycles. The first kappa shape index (κ1) is 26.8. The third kappa shape index (κ3) is 5.51. The first-order valence-electron chi connectivity index (χ1n) is 12.6. The van der Waals surface area contributed by atoms with Crippen LogP contribution in [-0.2, 0) is 9.59 Å². The average Bonchev–Trinajstić information content (AvgIpc) is 3.55. The van der Waals surface area contributed by atoms with E-state index in [2.05, 4.69) is 0 Å². The molecular weight excluding hydrogens is 540 g/mol. The smallest absolute Gasteiger partial charge is 0.353 e. The van der Waals surface area contributed by atoms with Crippen molar-refractivity contribution in [2.45, 2.75) is 26.2 Å². The molecule has 3 aromatic rings. The minimum Gasteiger partial charge on any atom is -0.422 e. The van der Waals surface area contributed by atoms with E-state index in [1.807, 2.05) is 6.92 Å². The van der Waals surface area contributed by atoms with Crippen LogP contribution >= 0.6 is 22.9 Å². The molecule has 1 aliphatic heterocycles. The van der Waals surface area contributed by atoms with E-state index >= 15 is 0 Å².